The van der Waals surface area contributed by atoms with Crippen LogP contribution in [-0.2, 0) is 0 Å². The molecule has 6 nitrogen and oxygen atoms in total. The minimum absolute atomic E-state index is 0.0860. The van der Waals surface area contributed by atoms with E-state index in [9.17, 15) is 9.90 Å². The number of nitrogens with zero attached hydrogens (tertiary/aromatic N) is 2. The number of fused-ring (bicyclic) bond motifs is 1. The van der Waals surface area contributed by atoms with Gasteiger partial charge in [0.15, 0.2) is 11.2 Å². The molecule has 22 heavy (non-hydrogen) atoms. The van der Waals surface area contributed by atoms with E-state index in [4.69, 9.17) is 9.15 Å². The van der Waals surface area contributed by atoms with E-state index in [1.165, 1.54) is 36.8 Å². The van der Waals surface area contributed by atoms with Crippen molar-refractivity contribution >= 4 is 34.3 Å². The summed E-state index contributed by atoms with van der Waals surface area (Å²) in [6.07, 6.45) is 1.42. The van der Waals surface area contributed by atoms with Crippen LogP contribution < -0.4 is 10.2 Å². The third-order valence-corrected chi connectivity index (χ3v) is 3.64. The van der Waals surface area contributed by atoms with Gasteiger partial charge >= 0.3 is 0 Å². The van der Waals surface area contributed by atoms with Gasteiger partial charge in [0.2, 0.25) is 0 Å². The van der Waals surface area contributed by atoms with Crippen LogP contribution in [0.2, 0.25) is 0 Å². The quantitative estimate of drug-likeness (QED) is 0.751. The number of hydrogen-bond donors (Lipinski definition) is 1. The molecule has 0 spiro atoms. The zero-order valence-electron chi connectivity index (χ0n) is 11.9. The van der Waals surface area contributed by atoms with Crippen molar-refractivity contribution in [2.75, 3.05) is 7.11 Å². The van der Waals surface area contributed by atoms with Crippen LogP contribution in [0.3, 0.4) is 0 Å². The van der Waals surface area contributed by atoms with Crippen molar-refractivity contribution in [1.82, 2.24) is 4.98 Å². The topological polar surface area (TPSA) is 84.9 Å². The van der Waals surface area contributed by atoms with Gasteiger partial charge in [0.05, 0.1) is 18.2 Å². The van der Waals surface area contributed by atoms with Crippen LogP contribution in [0.5, 0.6) is 11.5 Å². The van der Waals surface area contributed by atoms with E-state index in [1.807, 2.05) is 0 Å². The summed E-state index contributed by atoms with van der Waals surface area (Å²) in [5, 5.41) is 12.2. The summed E-state index contributed by atoms with van der Waals surface area (Å²) in [6.45, 7) is 1.67. The SMILES string of the molecule is COc1c(/C=N/c2cscn2)c(O)cc2oc(C)cc(=O)c12. The second kappa shape index (κ2) is 5.61. The molecule has 7 heteroatoms. The van der Waals surface area contributed by atoms with Crippen LogP contribution in [0.25, 0.3) is 11.0 Å². The number of rotatable bonds is 3. The van der Waals surface area contributed by atoms with E-state index < -0.39 is 0 Å². The smallest absolute Gasteiger partial charge is 0.196 e. The number of aromatic nitrogens is 1. The maximum Gasteiger partial charge on any atom is 0.196 e. The Morgan fingerprint density at radius 1 is 1.45 bits per heavy atom. The van der Waals surface area contributed by atoms with E-state index >= 15 is 0 Å². The first-order valence-electron chi connectivity index (χ1n) is 6.37. The van der Waals surface area contributed by atoms with Gasteiger partial charge in [0, 0.05) is 23.7 Å². The lowest BCUT2D eigenvalue weighted by atomic mass is 10.1. The predicted octanol–water partition coefficient (Wildman–Crippen LogP) is 3.02. The normalized spacial score (nSPS) is 11.4. The minimum atomic E-state index is -0.237. The molecule has 2 aromatic heterocycles. The third-order valence-electron chi connectivity index (χ3n) is 3.06. The molecule has 0 fully saturated rings. The monoisotopic (exact) mass is 316 g/mol. The summed E-state index contributed by atoms with van der Waals surface area (Å²) in [5.74, 6) is 1.12. The number of benzene rings is 1. The fourth-order valence-electron chi connectivity index (χ4n) is 2.15. The Morgan fingerprint density at radius 2 is 2.27 bits per heavy atom. The van der Waals surface area contributed by atoms with Gasteiger partial charge in [-0.05, 0) is 6.92 Å². The average Bonchev–Trinajstić information content (AvgIpc) is 2.97. The van der Waals surface area contributed by atoms with Crippen LogP contribution in [0, 0.1) is 6.92 Å². The number of methoxy groups -OCH3 is 1. The van der Waals surface area contributed by atoms with Gasteiger partial charge in [-0.3, -0.25) is 4.79 Å². The summed E-state index contributed by atoms with van der Waals surface area (Å²) < 4.78 is 10.8. The lowest BCUT2D eigenvalue weighted by molar-refractivity contribution is 0.410. The maximum atomic E-state index is 12.2. The Labute approximate surface area is 129 Å². The Morgan fingerprint density at radius 3 is 2.95 bits per heavy atom. The fourth-order valence-corrected chi connectivity index (χ4v) is 2.62. The zero-order valence-corrected chi connectivity index (χ0v) is 12.7. The number of ether oxygens (including phenoxy) is 1. The van der Waals surface area contributed by atoms with Crippen molar-refractivity contribution in [3.63, 3.8) is 0 Å². The highest BCUT2D eigenvalue weighted by Crippen LogP contribution is 2.34. The second-order valence-electron chi connectivity index (χ2n) is 4.54. The molecule has 3 aromatic rings. The summed E-state index contributed by atoms with van der Waals surface area (Å²) in [6, 6.07) is 2.76. The lowest BCUT2D eigenvalue weighted by Crippen LogP contribution is -2.05. The van der Waals surface area contributed by atoms with E-state index in [2.05, 4.69) is 9.98 Å². The van der Waals surface area contributed by atoms with Gasteiger partial charge in [-0.1, -0.05) is 0 Å². The Bertz CT molecular complexity index is 913. The number of phenolic OH excluding ortho intramolecular Hbond substituents is 1. The molecule has 0 unspecified atom stereocenters. The van der Waals surface area contributed by atoms with Crippen LogP contribution in [-0.4, -0.2) is 23.4 Å². The van der Waals surface area contributed by atoms with E-state index in [-0.39, 0.29) is 27.9 Å². The van der Waals surface area contributed by atoms with Crippen molar-refractivity contribution in [2.24, 2.45) is 4.99 Å². The molecule has 0 saturated carbocycles. The molecule has 0 aliphatic carbocycles. The number of aliphatic imine (C=N–C) groups is 1. The summed E-state index contributed by atoms with van der Waals surface area (Å²) in [7, 11) is 1.42. The highest BCUT2D eigenvalue weighted by molar-refractivity contribution is 7.07. The van der Waals surface area contributed by atoms with E-state index in [0.29, 0.717) is 17.1 Å². The number of thiazole rings is 1. The molecule has 0 saturated heterocycles. The number of hydrogen-bond acceptors (Lipinski definition) is 7. The zero-order chi connectivity index (χ0) is 15.7. The van der Waals surface area contributed by atoms with Gasteiger partial charge in [-0.25, -0.2) is 9.98 Å². The van der Waals surface area contributed by atoms with Crippen molar-refractivity contribution in [3.8, 4) is 11.5 Å². The highest BCUT2D eigenvalue weighted by Gasteiger charge is 2.17. The number of aryl methyl sites for hydroxylation is 1. The number of phenols is 1. The van der Waals surface area contributed by atoms with Crippen LogP contribution >= 0.6 is 11.3 Å². The van der Waals surface area contributed by atoms with Crippen LogP contribution in [0.1, 0.15) is 11.3 Å². The van der Waals surface area contributed by atoms with Crippen molar-refractivity contribution in [2.45, 2.75) is 6.92 Å². The van der Waals surface area contributed by atoms with Crippen LogP contribution in [0.4, 0.5) is 5.82 Å². The molecule has 0 aliphatic rings. The molecule has 0 aliphatic heterocycles. The Kier molecular flexibility index (Phi) is 3.64. The van der Waals surface area contributed by atoms with Gasteiger partial charge in [-0.2, -0.15) is 0 Å². The first kappa shape index (κ1) is 14.3. The lowest BCUT2D eigenvalue weighted by Gasteiger charge is -2.10. The Balaban J connectivity index is 2.26. The molecule has 1 aromatic carbocycles. The van der Waals surface area contributed by atoms with Crippen molar-refractivity contribution < 1.29 is 14.3 Å². The molecule has 0 atom stereocenters. The first-order chi connectivity index (χ1) is 10.6. The molecule has 0 radical (unpaired) electrons. The molecule has 0 amide bonds. The van der Waals surface area contributed by atoms with Gasteiger partial charge in [0.25, 0.3) is 0 Å². The van der Waals surface area contributed by atoms with Crippen molar-refractivity contribution in [1.29, 1.82) is 0 Å². The molecular weight excluding hydrogens is 304 g/mol. The molecule has 112 valence electrons. The maximum absolute atomic E-state index is 12.2. The van der Waals surface area contributed by atoms with E-state index in [1.54, 1.807) is 17.8 Å². The fraction of sp³-hybridized carbons (Fsp3) is 0.133. The third kappa shape index (κ3) is 2.46. The molecular formula is C15H12N2O4S. The van der Waals surface area contributed by atoms with E-state index in [0.717, 1.165) is 0 Å². The summed E-state index contributed by atoms with van der Waals surface area (Å²) in [5.41, 5.74) is 1.99. The molecule has 2 heterocycles. The van der Waals surface area contributed by atoms with Crippen LogP contribution in [0.15, 0.2) is 37.2 Å². The van der Waals surface area contributed by atoms with Crippen molar-refractivity contribution in [3.05, 3.63) is 44.6 Å². The predicted molar refractivity (Wildman–Crippen MR) is 84.8 cm³/mol. The average molecular weight is 316 g/mol. The first-order valence-corrected chi connectivity index (χ1v) is 7.31. The number of aromatic hydroxyl groups is 1. The highest BCUT2D eigenvalue weighted by atomic mass is 32.1. The standard InChI is InChI=1S/C15H12N2O4S/c1-8-3-11(19)14-12(21-8)4-10(18)9(15(14)20-2)5-16-13-6-22-7-17-13/h3-7,18H,1-2H3/b16-5+. The minimum Gasteiger partial charge on any atom is -0.507 e. The van der Waals surface area contributed by atoms with Gasteiger partial charge in [0.1, 0.15) is 28.2 Å². The van der Waals surface area contributed by atoms with Gasteiger partial charge < -0.3 is 14.3 Å². The molecule has 1 N–H and O–H groups in total. The Hall–Kier alpha value is -2.67. The molecule has 0 bridgehead atoms. The van der Waals surface area contributed by atoms with Gasteiger partial charge in [-0.15, -0.1) is 11.3 Å². The summed E-state index contributed by atoms with van der Waals surface area (Å²) >= 11 is 1.41. The second-order valence-corrected chi connectivity index (χ2v) is 5.26. The summed E-state index contributed by atoms with van der Waals surface area (Å²) in [4.78, 5) is 20.4. The largest absolute Gasteiger partial charge is 0.507 e. The molecule has 3 rings (SSSR count).